The molecule has 1 aliphatic rings. The Morgan fingerprint density at radius 3 is 1.79 bits per heavy atom. The third-order valence-corrected chi connectivity index (χ3v) is 7.72. The summed E-state index contributed by atoms with van der Waals surface area (Å²) in [6.45, 7) is 3.24. The maximum Gasteiger partial charge on any atom is 0.0743 e. The summed E-state index contributed by atoms with van der Waals surface area (Å²) >= 11 is 1.96. The van der Waals surface area contributed by atoms with Gasteiger partial charge in [0.15, 0.2) is 0 Å². The summed E-state index contributed by atoms with van der Waals surface area (Å²) in [5.41, 5.74) is 0. The van der Waals surface area contributed by atoms with Gasteiger partial charge in [0.05, 0.1) is 18.8 Å². The maximum atomic E-state index is 10.7. The number of nitrogens with one attached hydrogen (secondary N) is 1. The summed E-state index contributed by atoms with van der Waals surface area (Å²) in [6.07, 6.45) is 22.7. The van der Waals surface area contributed by atoms with E-state index in [0.717, 1.165) is 31.1 Å². The Morgan fingerprint density at radius 2 is 1.32 bits per heavy atom. The standard InChI is InChI=1S/C24H49NO2S/c1-3-4-5-6-7-8-9-10-11-12-13-14-19-25-23(20-26)24(27)21-15-17-22(28-2)18-16-21/h21-27H,3-20H2,1-2H3. The van der Waals surface area contributed by atoms with Gasteiger partial charge in [0.25, 0.3) is 0 Å². The molecule has 168 valence electrons. The predicted octanol–water partition coefficient (Wildman–Crippen LogP) is 5.92. The van der Waals surface area contributed by atoms with Crippen LogP contribution in [0.1, 0.15) is 110 Å². The highest BCUT2D eigenvalue weighted by molar-refractivity contribution is 7.99. The molecule has 0 aromatic heterocycles. The van der Waals surface area contributed by atoms with Crippen molar-refractivity contribution in [3.8, 4) is 0 Å². The lowest BCUT2D eigenvalue weighted by atomic mass is 9.82. The number of hydrogen-bond donors (Lipinski definition) is 3. The summed E-state index contributed by atoms with van der Waals surface area (Å²) in [5, 5.41) is 24.5. The Hall–Kier alpha value is 0.230. The highest BCUT2D eigenvalue weighted by Crippen LogP contribution is 2.33. The second-order valence-electron chi connectivity index (χ2n) is 8.90. The average Bonchev–Trinajstić information content (AvgIpc) is 2.73. The van der Waals surface area contributed by atoms with Gasteiger partial charge in [0, 0.05) is 5.25 Å². The molecule has 0 spiro atoms. The van der Waals surface area contributed by atoms with Crippen LogP contribution in [0.25, 0.3) is 0 Å². The van der Waals surface area contributed by atoms with Gasteiger partial charge in [0.1, 0.15) is 0 Å². The molecule has 28 heavy (non-hydrogen) atoms. The van der Waals surface area contributed by atoms with Gasteiger partial charge in [-0.1, -0.05) is 77.6 Å². The third kappa shape index (κ3) is 12.0. The molecule has 1 fully saturated rings. The maximum absolute atomic E-state index is 10.7. The monoisotopic (exact) mass is 415 g/mol. The van der Waals surface area contributed by atoms with E-state index in [2.05, 4.69) is 18.5 Å². The summed E-state index contributed by atoms with van der Waals surface area (Å²) < 4.78 is 0. The van der Waals surface area contributed by atoms with Crippen LogP contribution in [-0.2, 0) is 0 Å². The van der Waals surface area contributed by atoms with Gasteiger partial charge in [-0.25, -0.2) is 0 Å². The number of hydrogen-bond acceptors (Lipinski definition) is 4. The van der Waals surface area contributed by atoms with Crippen molar-refractivity contribution in [1.82, 2.24) is 5.32 Å². The summed E-state index contributed by atoms with van der Waals surface area (Å²) in [7, 11) is 0. The highest BCUT2D eigenvalue weighted by atomic mass is 32.2. The molecule has 0 aliphatic heterocycles. The van der Waals surface area contributed by atoms with Crippen molar-refractivity contribution in [1.29, 1.82) is 0 Å². The van der Waals surface area contributed by atoms with Crippen LogP contribution >= 0.6 is 11.8 Å². The molecular weight excluding hydrogens is 366 g/mol. The zero-order chi connectivity index (χ0) is 20.5. The van der Waals surface area contributed by atoms with E-state index in [0.29, 0.717) is 5.92 Å². The van der Waals surface area contributed by atoms with Crippen molar-refractivity contribution in [2.75, 3.05) is 19.4 Å². The van der Waals surface area contributed by atoms with Crippen molar-refractivity contribution in [2.24, 2.45) is 5.92 Å². The number of aliphatic hydroxyl groups is 2. The van der Waals surface area contributed by atoms with E-state index in [1.807, 2.05) is 11.8 Å². The fraction of sp³-hybridized carbons (Fsp3) is 1.00. The molecule has 0 radical (unpaired) electrons. The van der Waals surface area contributed by atoms with Crippen LogP contribution < -0.4 is 5.32 Å². The van der Waals surface area contributed by atoms with E-state index in [9.17, 15) is 10.2 Å². The fourth-order valence-electron chi connectivity index (χ4n) is 4.54. The average molecular weight is 416 g/mol. The van der Waals surface area contributed by atoms with Gasteiger partial charge < -0.3 is 15.5 Å². The molecular formula is C24H49NO2S. The van der Waals surface area contributed by atoms with E-state index < -0.39 is 6.10 Å². The molecule has 0 bridgehead atoms. The molecule has 0 aromatic carbocycles. The van der Waals surface area contributed by atoms with Crippen LogP contribution in [0.2, 0.25) is 0 Å². The van der Waals surface area contributed by atoms with Crippen molar-refractivity contribution in [3.05, 3.63) is 0 Å². The molecule has 0 heterocycles. The lowest BCUT2D eigenvalue weighted by molar-refractivity contribution is 0.0299. The van der Waals surface area contributed by atoms with E-state index in [-0.39, 0.29) is 12.6 Å². The number of unbranched alkanes of at least 4 members (excludes halogenated alkanes) is 11. The lowest BCUT2D eigenvalue weighted by Crippen LogP contribution is -2.47. The van der Waals surface area contributed by atoms with Gasteiger partial charge >= 0.3 is 0 Å². The second kappa shape index (κ2) is 18.0. The topological polar surface area (TPSA) is 52.5 Å². The van der Waals surface area contributed by atoms with E-state index in [1.165, 1.54) is 83.5 Å². The highest BCUT2D eigenvalue weighted by Gasteiger charge is 2.30. The van der Waals surface area contributed by atoms with Crippen LogP contribution in [-0.4, -0.2) is 47.0 Å². The molecule has 0 aromatic rings. The Bertz CT molecular complexity index is 335. The van der Waals surface area contributed by atoms with Gasteiger partial charge in [-0.3, -0.25) is 0 Å². The minimum absolute atomic E-state index is 0.0435. The van der Waals surface area contributed by atoms with Gasteiger partial charge in [-0.05, 0) is 50.8 Å². The van der Waals surface area contributed by atoms with Crippen molar-refractivity contribution in [3.63, 3.8) is 0 Å². The first-order valence-electron chi connectivity index (χ1n) is 12.3. The molecule has 4 heteroatoms. The van der Waals surface area contributed by atoms with Crippen LogP contribution in [0.5, 0.6) is 0 Å². The molecule has 1 rings (SSSR count). The normalized spacial score (nSPS) is 22.3. The number of thioether (sulfide) groups is 1. The SMILES string of the molecule is CCCCCCCCCCCCCCNC(CO)C(O)C1CCC(SC)CC1. The van der Waals surface area contributed by atoms with Crippen LogP contribution in [0.15, 0.2) is 0 Å². The molecule has 1 saturated carbocycles. The van der Waals surface area contributed by atoms with E-state index >= 15 is 0 Å². The Kier molecular flexibility index (Phi) is 16.9. The minimum Gasteiger partial charge on any atom is -0.395 e. The van der Waals surface area contributed by atoms with Gasteiger partial charge in [0.2, 0.25) is 0 Å². The van der Waals surface area contributed by atoms with Gasteiger partial charge in [-0.15, -0.1) is 0 Å². The second-order valence-corrected chi connectivity index (χ2v) is 10.0. The summed E-state index contributed by atoms with van der Waals surface area (Å²) in [5.74, 6) is 0.357. The number of rotatable bonds is 18. The first-order valence-corrected chi connectivity index (χ1v) is 13.6. The fourth-order valence-corrected chi connectivity index (χ4v) is 5.28. The largest absolute Gasteiger partial charge is 0.395 e. The smallest absolute Gasteiger partial charge is 0.0743 e. The Labute approximate surface area is 179 Å². The quantitative estimate of drug-likeness (QED) is 0.243. The first kappa shape index (κ1) is 26.3. The molecule has 0 saturated heterocycles. The molecule has 1 aliphatic carbocycles. The molecule has 2 unspecified atom stereocenters. The van der Waals surface area contributed by atoms with Crippen LogP contribution in [0.3, 0.4) is 0 Å². The lowest BCUT2D eigenvalue weighted by Gasteiger charge is -2.34. The van der Waals surface area contributed by atoms with Crippen LogP contribution in [0.4, 0.5) is 0 Å². The molecule has 3 N–H and O–H groups in total. The van der Waals surface area contributed by atoms with Crippen molar-refractivity contribution < 1.29 is 10.2 Å². The first-order chi connectivity index (χ1) is 13.7. The predicted molar refractivity (Wildman–Crippen MR) is 125 cm³/mol. The van der Waals surface area contributed by atoms with Crippen molar-refractivity contribution in [2.45, 2.75) is 127 Å². The number of aliphatic hydroxyl groups excluding tert-OH is 2. The zero-order valence-corrected chi connectivity index (χ0v) is 19.7. The van der Waals surface area contributed by atoms with Gasteiger partial charge in [-0.2, -0.15) is 11.8 Å². The minimum atomic E-state index is -0.398. The van der Waals surface area contributed by atoms with E-state index in [4.69, 9.17) is 0 Å². The Balaban J connectivity index is 1.96. The molecule has 2 atom stereocenters. The Morgan fingerprint density at radius 1 is 0.821 bits per heavy atom. The van der Waals surface area contributed by atoms with Crippen molar-refractivity contribution >= 4 is 11.8 Å². The zero-order valence-electron chi connectivity index (χ0n) is 18.8. The van der Waals surface area contributed by atoms with Crippen LogP contribution in [0, 0.1) is 5.92 Å². The third-order valence-electron chi connectivity index (χ3n) is 6.58. The van der Waals surface area contributed by atoms with E-state index in [1.54, 1.807) is 0 Å². The molecule has 0 amide bonds. The molecule has 3 nitrogen and oxygen atoms in total. The summed E-state index contributed by atoms with van der Waals surface area (Å²) in [6, 6.07) is -0.150. The summed E-state index contributed by atoms with van der Waals surface area (Å²) in [4.78, 5) is 0.